The third-order valence-electron chi connectivity index (χ3n) is 2.11. The van der Waals surface area contributed by atoms with E-state index in [1.807, 2.05) is 0 Å². The quantitative estimate of drug-likeness (QED) is 0.691. The van der Waals surface area contributed by atoms with E-state index >= 15 is 0 Å². The summed E-state index contributed by atoms with van der Waals surface area (Å²) in [6.07, 6.45) is 1.29. The minimum absolute atomic E-state index is 0.258. The van der Waals surface area contributed by atoms with Gasteiger partial charge in [-0.3, -0.25) is 4.90 Å². The lowest BCUT2D eigenvalue weighted by molar-refractivity contribution is -0.138. The fraction of sp³-hybridized carbons (Fsp3) is 0.667. The van der Waals surface area contributed by atoms with Crippen LogP contribution >= 0.6 is 0 Å². The van der Waals surface area contributed by atoms with Crippen LogP contribution in [0.15, 0.2) is 11.6 Å². The van der Waals surface area contributed by atoms with Crippen molar-refractivity contribution < 1.29 is 19.1 Å². The van der Waals surface area contributed by atoms with E-state index in [0.29, 0.717) is 18.7 Å². The minimum atomic E-state index is -0.524. The number of hydrogen-bond donors (Lipinski definition) is 0. The molecule has 96 valence electrons. The van der Waals surface area contributed by atoms with Crippen molar-refractivity contribution in [2.45, 2.75) is 33.3 Å². The van der Waals surface area contributed by atoms with Crippen molar-refractivity contribution in [1.29, 1.82) is 0 Å². The highest BCUT2D eigenvalue weighted by atomic mass is 16.6. The third-order valence-corrected chi connectivity index (χ3v) is 2.11. The second-order valence-electron chi connectivity index (χ2n) is 4.81. The summed E-state index contributed by atoms with van der Waals surface area (Å²) >= 11 is 0. The molecule has 0 aromatic carbocycles. The van der Waals surface area contributed by atoms with Gasteiger partial charge in [0, 0.05) is 6.54 Å². The zero-order valence-corrected chi connectivity index (χ0v) is 10.8. The molecular weight excluding hydrogens is 222 g/mol. The number of amides is 1. The van der Waals surface area contributed by atoms with E-state index in [1.165, 1.54) is 4.90 Å². The Kier molecular flexibility index (Phi) is 4.15. The molecule has 0 saturated carbocycles. The smallest absolute Gasteiger partial charge is 0.410 e. The first-order chi connectivity index (χ1) is 7.83. The van der Waals surface area contributed by atoms with Crippen molar-refractivity contribution in [2.24, 2.45) is 0 Å². The molecule has 1 amide bonds. The summed E-state index contributed by atoms with van der Waals surface area (Å²) in [6, 6.07) is 0. The van der Waals surface area contributed by atoms with Crippen molar-refractivity contribution in [3.05, 3.63) is 11.6 Å². The van der Waals surface area contributed by atoms with Crippen molar-refractivity contribution in [3.8, 4) is 0 Å². The summed E-state index contributed by atoms with van der Waals surface area (Å²) in [7, 11) is 0. The zero-order chi connectivity index (χ0) is 13.1. The Labute approximate surface area is 101 Å². The SMILES string of the molecule is CCOC(=O)C1=CCN(C(=O)OC(C)(C)C)C1. The van der Waals surface area contributed by atoms with Crippen LogP contribution in [0.25, 0.3) is 0 Å². The van der Waals surface area contributed by atoms with E-state index in [9.17, 15) is 9.59 Å². The van der Waals surface area contributed by atoms with Crippen LogP contribution in [0.2, 0.25) is 0 Å². The van der Waals surface area contributed by atoms with Gasteiger partial charge in [-0.15, -0.1) is 0 Å². The topological polar surface area (TPSA) is 55.8 Å². The molecule has 0 N–H and O–H groups in total. The first kappa shape index (κ1) is 13.5. The fourth-order valence-corrected chi connectivity index (χ4v) is 1.39. The standard InChI is InChI=1S/C12H19NO4/c1-5-16-10(14)9-6-7-13(8-9)11(15)17-12(2,3)4/h6H,5,7-8H2,1-4H3. The lowest BCUT2D eigenvalue weighted by Gasteiger charge is -2.24. The predicted molar refractivity (Wildman–Crippen MR) is 62.5 cm³/mol. The zero-order valence-electron chi connectivity index (χ0n) is 10.8. The number of carbonyl (C=O) groups is 2. The van der Waals surface area contributed by atoms with Gasteiger partial charge < -0.3 is 9.47 Å². The molecule has 0 aromatic rings. The van der Waals surface area contributed by atoms with Crippen LogP contribution in [0.5, 0.6) is 0 Å². The predicted octanol–water partition coefficient (Wildman–Crippen LogP) is 1.73. The molecule has 0 atom stereocenters. The molecular formula is C12H19NO4. The van der Waals surface area contributed by atoms with Gasteiger partial charge in [-0.25, -0.2) is 9.59 Å². The van der Waals surface area contributed by atoms with E-state index in [4.69, 9.17) is 9.47 Å². The van der Waals surface area contributed by atoms with Crippen molar-refractivity contribution in [1.82, 2.24) is 4.90 Å². The molecule has 0 bridgehead atoms. The Morgan fingerprint density at radius 1 is 1.41 bits per heavy atom. The summed E-state index contributed by atoms with van der Waals surface area (Å²) in [5, 5.41) is 0. The maximum absolute atomic E-state index is 11.7. The third kappa shape index (κ3) is 4.09. The van der Waals surface area contributed by atoms with Crippen LogP contribution in [0, 0.1) is 0 Å². The number of ether oxygens (including phenoxy) is 2. The molecule has 1 heterocycles. The van der Waals surface area contributed by atoms with Crippen LogP contribution in [0.3, 0.4) is 0 Å². The second kappa shape index (κ2) is 5.21. The van der Waals surface area contributed by atoms with Gasteiger partial charge in [0.25, 0.3) is 0 Å². The molecule has 0 spiro atoms. The van der Waals surface area contributed by atoms with Crippen LogP contribution in [-0.2, 0) is 14.3 Å². The maximum atomic E-state index is 11.7. The second-order valence-corrected chi connectivity index (χ2v) is 4.81. The van der Waals surface area contributed by atoms with E-state index in [-0.39, 0.29) is 12.5 Å². The molecule has 0 aliphatic carbocycles. The molecule has 0 radical (unpaired) electrons. The van der Waals surface area contributed by atoms with Crippen molar-refractivity contribution >= 4 is 12.1 Å². The average Bonchev–Trinajstić information content (AvgIpc) is 2.63. The molecule has 1 aliphatic rings. The summed E-state index contributed by atoms with van der Waals surface area (Å²) < 4.78 is 10.1. The van der Waals surface area contributed by atoms with Gasteiger partial charge in [0.15, 0.2) is 0 Å². The average molecular weight is 241 g/mol. The van der Waals surface area contributed by atoms with Gasteiger partial charge in [-0.1, -0.05) is 6.08 Å². The summed E-state index contributed by atoms with van der Waals surface area (Å²) in [6.45, 7) is 8.15. The fourth-order valence-electron chi connectivity index (χ4n) is 1.39. The van der Waals surface area contributed by atoms with Crippen LogP contribution in [0.4, 0.5) is 4.79 Å². The highest BCUT2D eigenvalue weighted by Crippen LogP contribution is 2.15. The van der Waals surface area contributed by atoms with E-state index < -0.39 is 11.7 Å². The molecule has 5 heteroatoms. The first-order valence-electron chi connectivity index (χ1n) is 5.67. The highest BCUT2D eigenvalue weighted by molar-refractivity contribution is 5.90. The van der Waals surface area contributed by atoms with E-state index in [2.05, 4.69) is 0 Å². The van der Waals surface area contributed by atoms with Gasteiger partial charge in [-0.05, 0) is 27.7 Å². The van der Waals surface area contributed by atoms with E-state index in [1.54, 1.807) is 33.8 Å². The summed E-state index contributed by atoms with van der Waals surface area (Å²) in [5.74, 6) is -0.362. The molecule has 0 unspecified atom stereocenters. The normalized spacial score (nSPS) is 15.5. The van der Waals surface area contributed by atoms with E-state index in [0.717, 1.165) is 0 Å². The monoisotopic (exact) mass is 241 g/mol. The summed E-state index contributed by atoms with van der Waals surface area (Å²) in [5.41, 5.74) is -0.0123. The molecule has 1 rings (SSSR count). The molecule has 5 nitrogen and oxygen atoms in total. The van der Waals surface area contributed by atoms with Gasteiger partial charge in [0.2, 0.25) is 0 Å². The lowest BCUT2D eigenvalue weighted by atomic mass is 10.2. The Hall–Kier alpha value is -1.52. The Bertz CT molecular complexity index is 341. The van der Waals surface area contributed by atoms with Crippen LogP contribution in [0.1, 0.15) is 27.7 Å². The number of rotatable bonds is 2. The maximum Gasteiger partial charge on any atom is 0.410 e. The first-order valence-corrected chi connectivity index (χ1v) is 5.67. The van der Waals surface area contributed by atoms with Crippen molar-refractivity contribution in [2.75, 3.05) is 19.7 Å². The highest BCUT2D eigenvalue weighted by Gasteiger charge is 2.27. The summed E-state index contributed by atoms with van der Waals surface area (Å²) in [4.78, 5) is 24.6. The largest absolute Gasteiger partial charge is 0.463 e. The Morgan fingerprint density at radius 3 is 2.59 bits per heavy atom. The lowest BCUT2D eigenvalue weighted by Crippen LogP contribution is -2.36. The number of carbonyl (C=O) groups excluding carboxylic acids is 2. The Balaban J connectivity index is 2.48. The van der Waals surface area contributed by atoms with Crippen molar-refractivity contribution in [3.63, 3.8) is 0 Å². The van der Waals surface area contributed by atoms with Gasteiger partial charge in [0.05, 0.1) is 18.7 Å². The molecule has 0 aromatic heterocycles. The van der Waals surface area contributed by atoms with Gasteiger partial charge in [0.1, 0.15) is 5.60 Å². The number of nitrogens with zero attached hydrogens (tertiary/aromatic N) is 1. The molecule has 0 saturated heterocycles. The minimum Gasteiger partial charge on any atom is -0.463 e. The Morgan fingerprint density at radius 2 is 2.06 bits per heavy atom. The van der Waals surface area contributed by atoms with Crippen LogP contribution < -0.4 is 0 Å². The van der Waals surface area contributed by atoms with Crippen LogP contribution in [-0.4, -0.2) is 42.3 Å². The van der Waals surface area contributed by atoms with Gasteiger partial charge in [-0.2, -0.15) is 0 Å². The molecule has 17 heavy (non-hydrogen) atoms. The molecule has 0 fully saturated rings. The number of hydrogen-bond acceptors (Lipinski definition) is 4. The molecule has 1 aliphatic heterocycles. The van der Waals surface area contributed by atoms with Gasteiger partial charge >= 0.3 is 12.1 Å². The number of esters is 1.